The van der Waals surface area contributed by atoms with Gasteiger partial charge >= 0.3 is 0 Å². The molecular weight excluding hydrogens is 364 g/mol. The lowest BCUT2D eigenvalue weighted by atomic mass is 10.1. The standard InChI is InChI=1S/C22H38N6O/c1-23-22(24-8-11-27-14-16-29-17-15-27)25-18-20-4-6-21(7-5-20)19-28-10-3-9-26(2)12-13-28/h4-7H,3,8-19H2,1-2H3,(H2,23,24,25). The van der Waals surface area contributed by atoms with Gasteiger partial charge in [-0.1, -0.05) is 24.3 Å². The lowest BCUT2D eigenvalue weighted by Crippen LogP contribution is -2.44. The number of morpholine rings is 1. The third-order valence-corrected chi connectivity index (χ3v) is 5.75. The summed E-state index contributed by atoms with van der Waals surface area (Å²) in [7, 11) is 4.04. The predicted molar refractivity (Wildman–Crippen MR) is 119 cm³/mol. The van der Waals surface area contributed by atoms with E-state index in [1.54, 1.807) is 0 Å². The second kappa shape index (κ2) is 12.1. The van der Waals surface area contributed by atoms with E-state index in [0.717, 1.165) is 65.0 Å². The molecule has 2 fully saturated rings. The van der Waals surface area contributed by atoms with Gasteiger partial charge in [0.1, 0.15) is 0 Å². The van der Waals surface area contributed by atoms with Crippen LogP contribution in [-0.4, -0.2) is 100 Å². The molecule has 2 aliphatic rings. The first-order valence-corrected chi connectivity index (χ1v) is 11.0. The van der Waals surface area contributed by atoms with Crippen molar-refractivity contribution in [3.05, 3.63) is 35.4 Å². The molecule has 0 unspecified atom stereocenters. The summed E-state index contributed by atoms with van der Waals surface area (Å²) in [4.78, 5) is 11.8. The molecule has 0 spiro atoms. The van der Waals surface area contributed by atoms with Crippen molar-refractivity contribution >= 4 is 5.96 Å². The molecule has 0 bridgehead atoms. The van der Waals surface area contributed by atoms with Gasteiger partial charge in [-0.3, -0.25) is 14.8 Å². The molecule has 3 rings (SSSR count). The number of hydrogen-bond donors (Lipinski definition) is 2. The molecule has 1 aromatic rings. The van der Waals surface area contributed by atoms with Crippen molar-refractivity contribution in [2.24, 2.45) is 4.99 Å². The molecule has 0 amide bonds. The third-order valence-electron chi connectivity index (χ3n) is 5.75. The first kappa shape index (κ1) is 22.0. The summed E-state index contributed by atoms with van der Waals surface area (Å²) in [5, 5.41) is 6.82. The first-order chi connectivity index (χ1) is 14.2. The van der Waals surface area contributed by atoms with E-state index in [1.165, 1.54) is 37.2 Å². The summed E-state index contributed by atoms with van der Waals surface area (Å²) < 4.78 is 5.39. The van der Waals surface area contributed by atoms with Crippen LogP contribution in [0.4, 0.5) is 0 Å². The number of benzene rings is 1. The van der Waals surface area contributed by atoms with Crippen molar-refractivity contribution < 1.29 is 4.74 Å². The van der Waals surface area contributed by atoms with Gasteiger partial charge in [-0.2, -0.15) is 0 Å². The Labute approximate surface area is 176 Å². The van der Waals surface area contributed by atoms with Crippen LogP contribution >= 0.6 is 0 Å². The molecule has 0 saturated carbocycles. The Kier molecular flexibility index (Phi) is 9.21. The van der Waals surface area contributed by atoms with E-state index in [4.69, 9.17) is 4.74 Å². The molecule has 0 aromatic heterocycles. The second-order valence-corrected chi connectivity index (χ2v) is 8.06. The van der Waals surface area contributed by atoms with Crippen molar-refractivity contribution in [1.82, 2.24) is 25.3 Å². The number of guanidine groups is 1. The van der Waals surface area contributed by atoms with Crippen LogP contribution in [0.3, 0.4) is 0 Å². The number of ether oxygens (including phenoxy) is 1. The lowest BCUT2D eigenvalue weighted by Gasteiger charge is -2.26. The van der Waals surface area contributed by atoms with Gasteiger partial charge in [-0.05, 0) is 37.7 Å². The zero-order chi connectivity index (χ0) is 20.3. The number of nitrogens with zero attached hydrogens (tertiary/aromatic N) is 4. The summed E-state index contributed by atoms with van der Waals surface area (Å²) in [6, 6.07) is 8.99. The van der Waals surface area contributed by atoms with E-state index < -0.39 is 0 Å². The highest BCUT2D eigenvalue weighted by molar-refractivity contribution is 5.79. The van der Waals surface area contributed by atoms with Crippen LogP contribution in [0.1, 0.15) is 17.5 Å². The normalized spacial score (nSPS) is 20.4. The van der Waals surface area contributed by atoms with E-state index in [-0.39, 0.29) is 0 Å². The van der Waals surface area contributed by atoms with Crippen LogP contribution in [0, 0.1) is 0 Å². The van der Waals surface area contributed by atoms with E-state index in [2.05, 4.69) is 61.6 Å². The van der Waals surface area contributed by atoms with Crippen molar-refractivity contribution in [3.63, 3.8) is 0 Å². The van der Waals surface area contributed by atoms with Crippen molar-refractivity contribution in [3.8, 4) is 0 Å². The second-order valence-electron chi connectivity index (χ2n) is 8.06. The third kappa shape index (κ3) is 7.93. The monoisotopic (exact) mass is 402 g/mol. The largest absolute Gasteiger partial charge is 0.379 e. The maximum absolute atomic E-state index is 5.39. The van der Waals surface area contributed by atoms with Crippen LogP contribution in [0.2, 0.25) is 0 Å². The van der Waals surface area contributed by atoms with Gasteiger partial charge in [0.15, 0.2) is 5.96 Å². The Balaban J connectivity index is 1.37. The highest BCUT2D eigenvalue weighted by atomic mass is 16.5. The van der Waals surface area contributed by atoms with Gasteiger partial charge in [0.25, 0.3) is 0 Å². The number of aliphatic imine (C=N–C) groups is 1. The summed E-state index contributed by atoms with van der Waals surface area (Å²) >= 11 is 0. The molecule has 0 radical (unpaired) electrons. The summed E-state index contributed by atoms with van der Waals surface area (Å²) in [6.45, 7) is 12.2. The first-order valence-electron chi connectivity index (χ1n) is 11.0. The Morgan fingerprint density at radius 3 is 2.45 bits per heavy atom. The van der Waals surface area contributed by atoms with Crippen molar-refractivity contribution in [2.75, 3.05) is 79.7 Å². The Morgan fingerprint density at radius 2 is 1.69 bits per heavy atom. The molecule has 2 aliphatic heterocycles. The lowest BCUT2D eigenvalue weighted by molar-refractivity contribution is 0.0389. The number of hydrogen-bond acceptors (Lipinski definition) is 5. The zero-order valence-corrected chi connectivity index (χ0v) is 18.2. The highest BCUT2D eigenvalue weighted by Crippen LogP contribution is 2.10. The molecule has 2 heterocycles. The average Bonchev–Trinajstić information content (AvgIpc) is 2.96. The van der Waals surface area contributed by atoms with Gasteiger partial charge in [-0.15, -0.1) is 0 Å². The van der Waals surface area contributed by atoms with Gasteiger partial charge in [0.2, 0.25) is 0 Å². The van der Waals surface area contributed by atoms with E-state index >= 15 is 0 Å². The molecule has 7 nitrogen and oxygen atoms in total. The predicted octanol–water partition coefficient (Wildman–Crippen LogP) is 0.821. The number of nitrogens with one attached hydrogen (secondary N) is 2. The van der Waals surface area contributed by atoms with Crippen LogP contribution in [-0.2, 0) is 17.8 Å². The van der Waals surface area contributed by atoms with Crippen molar-refractivity contribution in [1.29, 1.82) is 0 Å². The Hall–Kier alpha value is -1.67. The minimum Gasteiger partial charge on any atom is -0.379 e. The minimum absolute atomic E-state index is 0.784. The van der Waals surface area contributed by atoms with Crippen molar-refractivity contribution in [2.45, 2.75) is 19.5 Å². The molecule has 2 N–H and O–H groups in total. The maximum Gasteiger partial charge on any atom is 0.191 e. The van der Waals surface area contributed by atoms with E-state index in [1.807, 2.05) is 7.05 Å². The summed E-state index contributed by atoms with van der Waals surface area (Å²) in [5.74, 6) is 0.857. The maximum atomic E-state index is 5.39. The van der Waals surface area contributed by atoms with Gasteiger partial charge in [-0.25, -0.2) is 0 Å². The van der Waals surface area contributed by atoms with Crippen LogP contribution < -0.4 is 10.6 Å². The molecule has 162 valence electrons. The van der Waals surface area contributed by atoms with Crippen LogP contribution in [0.15, 0.2) is 29.3 Å². The highest BCUT2D eigenvalue weighted by Gasteiger charge is 2.12. The van der Waals surface area contributed by atoms with Crippen LogP contribution in [0.5, 0.6) is 0 Å². The number of rotatable bonds is 7. The fourth-order valence-corrected chi connectivity index (χ4v) is 3.84. The topological polar surface area (TPSA) is 55.4 Å². The zero-order valence-electron chi connectivity index (χ0n) is 18.2. The van der Waals surface area contributed by atoms with E-state index in [9.17, 15) is 0 Å². The Bertz CT molecular complexity index is 614. The molecule has 29 heavy (non-hydrogen) atoms. The molecule has 0 atom stereocenters. The van der Waals surface area contributed by atoms with Gasteiger partial charge in [0, 0.05) is 59.4 Å². The molecular formula is C22H38N6O. The summed E-state index contributed by atoms with van der Waals surface area (Å²) in [6.07, 6.45) is 1.26. The number of likely N-dealkylation sites (N-methyl/N-ethyl adjacent to an activating group) is 1. The smallest absolute Gasteiger partial charge is 0.191 e. The average molecular weight is 403 g/mol. The summed E-state index contributed by atoms with van der Waals surface area (Å²) in [5.41, 5.74) is 2.67. The fourth-order valence-electron chi connectivity index (χ4n) is 3.84. The van der Waals surface area contributed by atoms with E-state index in [0.29, 0.717) is 0 Å². The van der Waals surface area contributed by atoms with Gasteiger partial charge in [0.05, 0.1) is 13.2 Å². The molecule has 1 aromatic carbocycles. The van der Waals surface area contributed by atoms with Crippen LogP contribution in [0.25, 0.3) is 0 Å². The Morgan fingerprint density at radius 1 is 0.931 bits per heavy atom. The SMILES string of the molecule is CN=C(NCCN1CCOCC1)NCc1ccc(CN2CCCN(C)CC2)cc1. The minimum atomic E-state index is 0.784. The quantitative estimate of drug-likeness (QED) is 0.520. The molecule has 0 aliphatic carbocycles. The fraction of sp³-hybridized carbons (Fsp3) is 0.682. The van der Waals surface area contributed by atoms with Gasteiger partial charge < -0.3 is 20.3 Å². The molecule has 2 saturated heterocycles. The molecule has 7 heteroatoms.